The SMILES string of the molecule is Cc1nc(NC(=O)Nc2ccc(C(=O)O)c(O)c2)sc1C. The molecule has 0 fully saturated rings. The van der Waals surface area contributed by atoms with E-state index in [9.17, 15) is 14.7 Å². The van der Waals surface area contributed by atoms with E-state index in [0.29, 0.717) is 5.13 Å². The number of urea groups is 1. The number of anilines is 2. The summed E-state index contributed by atoms with van der Waals surface area (Å²) in [6.07, 6.45) is 0. The number of rotatable bonds is 3. The van der Waals surface area contributed by atoms with E-state index in [1.54, 1.807) is 0 Å². The van der Waals surface area contributed by atoms with Crippen LogP contribution in [0, 0.1) is 13.8 Å². The third kappa shape index (κ3) is 3.48. The van der Waals surface area contributed by atoms with Crippen molar-refractivity contribution >= 4 is 34.2 Å². The lowest BCUT2D eigenvalue weighted by Crippen LogP contribution is -2.19. The molecule has 2 amide bonds. The first-order valence-electron chi connectivity index (χ1n) is 5.95. The summed E-state index contributed by atoms with van der Waals surface area (Å²) in [6.45, 7) is 3.75. The Morgan fingerprint density at radius 1 is 1.24 bits per heavy atom. The summed E-state index contributed by atoms with van der Waals surface area (Å²) in [5, 5.41) is 23.9. The van der Waals surface area contributed by atoms with Crippen LogP contribution in [-0.2, 0) is 0 Å². The zero-order chi connectivity index (χ0) is 15.6. The van der Waals surface area contributed by atoms with E-state index in [1.165, 1.54) is 29.5 Å². The number of hydrogen-bond acceptors (Lipinski definition) is 5. The van der Waals surface area contributed by atoms with Crippen molar-refractivity contribution < 1.29 is 19.8 Å². The van der Waals surface area contributed by atoms with Crippen LogP contribution >= 0.6 is 11.3 Å². The number of nitrogens with zero attached hydrogens (tertiary/aromatic N) is 1. The van der Waals surface area contributed by atoms with Gasteiger partial charge in [0.1, 0.15) is 11.3 Å². The van der Waals surface area contributed by atoms with E-state index >= 15 is 0 Å². The Balaban J connectivity index is 2.06. The fourth-order valence-electron chi connectivity index (χ4n) is 1.58. The van der Waals surface area contributed by atoms with Crippen molar-refractivity contribution in [3.8, 4) is 5.75 Å². The number of carbonyl (C=O) groups excluding carboxylic acids is 1. The van der Waals surface area contributed by atoms with Crippen LogP contribution in [0.2, 0.25) is 0 Å². The largest absolute Gasteiger partial charge is 0.507 e. The minimum Gasteiger partial charge on any atom is -0.507 e. The molecule has 0 aliphatic heterocycles. The summed E-state index contributed by atoms with van der Waals surface area (Å²) in [7, 11) is 0. The van der Waals surface area contributed by atoms with Crippen molar-refractivity contribution in [2.75, 3.05) is 10.6 Å². The van der Waals surface area contributed by atoms with Crippen LogP contribution in [0.4, 0.5) is 15.6 Å². The molecule has 4 N–H and O–H groups in total. The fraction of sp³-hybridized carbons (Fsp3) is 0.154. The molecule has 2 aromatic rings. The van der Waals surface area contributed by atoms with Crippen molar-refractivity contribution in [3.05, 3.63) is 34.3 Å². The molecule has 0 unspecified atom stereocenters. The number of carbonyl (C=O) groups is 2. The standard InChI is InChI=1S/C13H13N3O4S/c1-6-7(2)21-13(14-6)16-12(20)15-8-3-4-9(11(18)19)10(17)5-8/h3-5,17H,1-2H3,(H,18,19)(H2,14,15,16,20). The average Bonchev–Trinajstić information content (AvgIpc) is 2.67. The molecule has 1 aromatic heterocycles. The highest BCUT2D eigenvalue weighted by Gasteiger charge is 2.12. The van der Waals surface area contributed by atoms with Gasteiger partial charge in [0.05, 0.1) is 5.69 Å². The molecule has 0 spiro atoms. The highest BCUT2D eigenvalue weighted by molar-refractivity contribution is 7.15. The van der Waals surface area contributed by atoms with Gasteiger partial charge in [0.25, 0.3) is 0 Å². The fourth-order valence-corrected chi connectivity index (χ4v) is 2.39. The van der Waals surface area contributed by atoms with Crippen molar-refractivity contribution in [2.45, 2.75) is 13.8 Å². The number of aryl methyl sites for hydroxylation is 2. The molecule has 0 bridgehead atoms. The summed E-state index contributed by atoms with van der Waals surface area (Å²) in [5.74, 6) is -1.65. The molecule has 110 valence electrons. The molecule has 0 aliphatic carbocycles. The number of thiazole rings is 1. The lowest BCUT2D eigenvalue weighted by molar-refractivity contribution is 0.0694. The number of benzene rings is 1. The second kappa shape index (κ2) is 5.80. The molecule has 0 radical (unpaired) electrons. The van der Waals surface area contributed by atoms with Gasteiger partial charge in [-0.3, -0.25) is 5.32 Å². The van der Waals surface area contributed by atoms with Gasteiger partial charge in [0.15, 0.2) is 5.13 Å². The van der Waals surface area contributed by atoms with Gasteiger partial charge in [0, 0.05) is 16.6 Å². The average molecular weight is 307 g/mol. The highest BCUT2D eigenvalue weighted by Crippen LogP contribution is 2.23. The van der Waals surface area contributed by atoms with Crippen molar-refractivity contribution in [3.63, 3.8) is 0 Å². The van der Waals surface area contributed by atoms with E-state index in [1.807, 2.05) is 13.8 Å². The third-order valence-electron chi connectivity index (χ3n) is 2.73. The van der Waals surface area contributed by atoms with Crippen LogP contribution in [0.3, 0.4) is 0 Å². The maximum atomic E-state index is 11.8. The molecule has 21 heavy (non-hydrogen) atoms. The summed E-state index contributed by atoms with van der Waals surface area (Å²) >= 11 is 1.35. The van der Waals surface area contributed by atoms with Crippen LogP contribution < -0.4 is 10.6 Å². The number of hydrogen-bond donors (Lipinski definition) is 4. The topological polar surface area (TPSA) is 112 Å². The molecule has 0 aliphatic rings. The Morgan fingerprint density at radius 3 is 2.48 bits per heavy atom. The molecule has 1 heterocycles. The van der Waals surface area contributed by atoms with Crippen molar-refractivity contribution in [2.24, 2.45) is 0 Å². The number of aromatic nitrogens is 1. The predicted molar refractivity (Wildman–Crippen MR) is 79.3 cm³/mol. The van der Waals surface area contributed by atoms with Gasteiger partial charge in [0.2, 0.25) is 0 Å². The van der Waals surface area contributed by atoms with Gasteiger partial charge < -0.3 is 15.5 Å². The van der Waals surface area contributed by atoms with E-state index in [-0.39, 0.29) is 11.3 Å². The molecule has 0 saturated heterocycles. The molecule has 8 heteroatoms. The third-order valence-corrected chi connectivity index (χ3v) is 3.72. The lowest BCUT2D eigenvalue weighted by atomic mass is 10.2. The first-order valence-corrected chi connectivity index (χ1v) is 6.77. The monoisotopic (exact) mass is 307 g/mol. The molecule has 0 atom stereocenters. The Labute approximate surface area is 124 Å². The number of carboxylic acid groups (broad SMARTS) is 1. The van der Waals surface area contributed by atoms with Gasteiger partial charge in [-0.2, -0.15) is 0 Å². The Hall–Kier alpha value is -2.61. The summed E-state index contributed by atoms with van der Waals surface area (Å²) < 4.78 is 0. The van der Waals surface area contributed by atoms with Crippen molar-refractivity contribution in [1.29, 1.82) is 0 Å². The van der Waals surface area contributed by atoms with Crippen molar-refractivity contribution in [1.82, 2.24) is 4.98 Å². The van der Waals surface area contributed by atoms with Gasteiger partial charge in [-0.25, -0.2) is 14.6 Å². The Kier molecular flexibility index (Phi) is 4.08. The Morgan fingerprint density at radius 2 is 1.95 bits per heavy atom. The molecular weight excluding hydrogens is 294 g/mol. The first kappa shape index (κ1) is 14.8. The van der Waals surface area contributed by atoms with Gasteiger partial charge >= 0.3 is 12.0 Å². The van der Waals surface area contributed by atoms with Crippen LogP contribution in [-0.4, -0.2) is 27.2 Å². The molecule has 0 saturated carbocycles. The lowest BCUT2D eigenvalue weighted by Gasteiger charge is -2.07. The quantitative estimate of drug-likeness (QED) is 0.696. The number of aromatic hydroxyl groups is 1. The van der Waals surface area contributed by atoms with Gasteiger partial charge in [-0.05, 0) is 26.0 Å². The number of nitrogens with one attached hydrogen (secondary N) is 2. The second-order valence-corrected chi connectivity index (χ2v) is 5.48. The smallest absolute Gasteiger partial charge is 0.339 e. The summed E-state index contributed by atoms with van der Waals surface area (Å²) in [5.41, 5.74) is 0.894. The Bertz CT molecular complexity index is 692. The van der Waals surface area contributed by atoms with Crippen LogP contribution in [0.15, 0.2) is 18.2 Å². The van der Waals surface area contributed by atoms with Crippen LogP contribution in [0.1, 0.15) is 20.9 Å². The number of aromatic carboxylic acids is 1. The van der Waals surface area contributed by atoms with Crippen LogP contribution in [0.5, 0.6) is 5.75 Å². The molecule has 2 rings (SSSR count). The van der Waals surface area contributed by atoms with Gasteiger partial charge in [-0.15, -0.1) is 11.3 Å². The minimum atomic E-state index is -1.24. The zero-order valence-electron chi connectivity index (χ0n) is 11.3. The van der Waals surface area contributed by atoms with E-state index in [2.05, 4.69) is 15.6 Å². The minimum absolute atomic E-state index is 0.230. The van der Waals surface area contributed by atoms with E-state index in [4.69, 9.17) is 5.11 Å². The molecule has 7 nitrogen and oxygen atoms in total. The second-order valence-electron chi connectivity index (χ2n) is 4.28. The number of phenols is 1. The summed E-state index contributed by atoms with van der Waals surface area (Å²) in [4.78, 5) is 27.7. The van der Waals surface area contributed by atoms with E-state index in [0.717, 1.165) is 10.6 Å². The van der Waals surface area contributed by atoms with E-state index < -0.39 is 17.7 Å². The normalized spacial score (nSPS) is 10.2. The van der Waals surface area contributed by atoms with Gasteiger partial charge in [-0.1, -0.05) is 0 Å². The predicted octanol–water partition coefficient (Wildman–Crippen LogP) is 2.81. The highest BCUT2D eigenvalue weighted by atomic mass is 32.1. The zero-order valence-corrected chi connectivity index (χ0v) is 12.1. The summed E-state index contributed by atoms with van der Waals surface area (Å²) in [6, 6.07) is 3.25. The molecular formula is C13H13N3O4S. The maximum absolute atomic E-state index is 11.8. The van der Waals surface area contributed by atoms with Crippen LogP contribution in [0.25, 0.3) is 0 Å². The number of amides is 2. The molecule has 1 aromatic carbocycles. The first-order chi connectivity index (χ1) is 9.86. The number of carboxylic acids is 1. The maximum Gasteiger partial charge on any atom is 0.339 e.